The summed E-state index contributed by atoms with van der Waals surface area (Å²) < 4.78 is 5.43. The van der Waals surface area contributed by atoms with Crippen LogP contribution in [0.4, 0.5) is 0 Å². The molecule has 0 aliphatic rings. The first-order valence-corrected chi connectivity index (χ1v) is 5.52. The molecule has 1 N–H and O–H groups in total. The summed E-state index contributed by atoms with van der Waals surface area (Å²) >= 11 is 5.96. The van der Waals surface area contributed by atoms with Crippen molar-refractivity contribution in [2.75, 3.05) is 0 Å². The van der Waals surface area contributed by atoms with Crippen LogP contribution < -0.4 is 4.74 Å². The van der Waals surface area contributed by atoms with Gasteiger partial charge in [0.15, 0.2) is 11.5 Å². The van der Waals surface area contributed by atoms with Gasteiger partial charge in [-0.25, -0.2) is 4.98 Å². The highest BCUT2D eigenvalue weighted by Gasteiger charge is 2.13. The number of nitriles is 1. The van der Waals surface area contributed by atoms with E-state index in [2.05, 4.69) is 4.98 Å². The Labute approximate surface area is 109 Å². The van der Waals surface area contributed by atoms with Gasteiger partial charge in [-0.15, -0.1) is 0 Å². The van der Waals surface area contributed by atoms with Gasteiger partial charge in [0.05, 0.1) is 10.6 Å². The molecular weight excluding hydrogens is 252 g/mol. The standard InChI is InChI=1S/C13H9ClN2O2/c1-8-5-6-11(17)13(16-8)18-12-9(7-15)3-2-4-10(12)14/h2-6,17H,1H3. The van der Waals surface area contributed by atoms with Crippen LogP contribution in [0.2, 0.25) is 5.02 Å². The van der Waals surface area contributed by atoms with E-state index in [1.54, 1.807) is 31.2 Å². The minimum absolute atomic E-state index is 0.0274. The molecule has 1 aromatic heterocycles. The Morgan fingerprint density at radius 3 is 2.83 bits per heavy atom. The molecule has 0 radical (unpaired) electrons. The maximum Gasteiger partial charge on any atom is 0.262 e. The Morgan fingerprint density at radius 1 is 1.33 bits per heavy atom. The Balaban J connectivity index is 2.46. The second kappa shape index (κ2) is 4.94. The van der Waals surface area contributed by atoms with Crippen molar-refractivity contribution in [1.29, 1.82) is 5.26 Å². The normalized spacial score (nSPS) is 9.83. The van der Waals surface area contributed by atoms with Crippen LogP contribution in [0.3, 0.4) is 0 Å². The van der Waals surface area contributed by atoms with E-state index in [0.29, 0.717) is 5.69 Å². The number of halogens is 1. The highest BCUT2D eigenvalue weighted by molar-refractivity contribution is 6.32. The van der Waals surface area contributed by atoms with E-state index in [9.17, 15) is 5.11 Å². The molecule has 1 heterocycles. The molecule has 0 atom stereocenters. The number of aromatic nitrogens is 1. The molecular formula is C13H9ClN2O2. The van der Waals surface area contributed by atoms with Gasteiger partial charge in [0.2, 0.25) is 0 Å². The number of pyridine rings is 1. The number of hydrogen-bond acceptors (Lipinski definition) is 4. The summed E-state index contributed by atoms with van der Waals surface area (Å²) in [7, 11) is 0. The SMILES string of the molecule is Cc1ccc(O)c(Oc2c(Cl)cccc2C#N)n1. The Kier molecular flexibility index (Phi) is 3.35. The van der Waals surface area contributed by atoms with Gasteiger partial charge in [-0.2, -0.15) is 5.26 Å². The molecule has 0 saturated heterocycles. The third kappa shape index (κ3) is 2.36. The van der Waals surface area contributed by atoms with Crippen LogP contribution in [0.1, 0.15) is 11.3 Å². The maximum atomic E-state index is 9.64. The summed E-state index contributed by atoms with van der Waals surface area (Å²) in [6.45, 7) is 1.77. The molecule has 0 amide bonds. The summed E-state index contributed by atoms with van der Waals surface area (Å²) in [5.74, 6) is 0.110. The predicted octanol–water partition coefficient (Wildman–Crippen LogP) is 3.41. The Morgan fingerprint density at radius 2 is 2.11 bits per heavy atom. The summed E-state index contributed by atoms with van der Waals surface area (Å²) in [6, 6.07) is 9.93. The molecule has 0 fully saturated rings. The van der Waals surface area contributed by atoms with Crippen LogP contribution in [-0.4, -0.2) is 10.1 Å². The minimum atomic E-state index is -0.107. The van der Waals surface area contributed by atoms with E-state index >= 15 is 0 Å². The van der Waals surface area contributed by atoms with E-state index < -0.39 is 0 Å². The first-order chi connectivity index (χ1) is 8.61. The number of ether oxygens (including phenoxy) is 1. The average Bonchev–Trinajstić information content (AvgIpc) is 2.36. The third-order valence-corrected chi connectivity index (χ3v) is 2.56. The number of rotatable bonds is 2. The van der Waals surface area contributed by atoms with E-state index in [1.165, 1.54) is 6.07 Å². The number of para-hydroxylation sites is 1. The highest BCUT2D eigenvalue weighted by atomic mass is 35.5. The second-order valence-corrected chi connectivity index (χ2v) is 4.01. The molecule has 2 aromatic rings. The molecule has 90 valence electrons. The first kappa shape index (κ1) is 12.2. The van der Waals surface area contributed by atoms with Crippen molar-refractivity contribution in [3.63, 3.8) is 0 Å². The lowest BCUT2D eigenvalue weighted by Gasteiger charge is -2.09. The molecule has 0 saturated carbocycles. The second-order valence-electron chi connectivity index (χ2n) is 3.61. The van der Waals surface area contributed by atoms with Gasteiger partial charge in [-0.3, -0.25) is 0 Å². The zero-order valence-electron chi connectivity index (χ0n) is 9.51. The fourth-order valence-corrected chi connectivity index (χ4v) is 1.61. The zero-order chi connectivity index (χ0) is 13.1. The smallest absolute Gasteiger partial charge is 0.262 e. The summed E-state index contributed by atoms with van der Waals surface area (Å²) in [6.07, 6.45) is 0. The van der Waals surface area contributed by atoms with Crippen LogP contribution in [0.15, 0.2) is 30.3 Å². The van der Waals surface area contributed by atoms with Crippen molar-refractivity contribution in [3.8, 4) is 23.4 Å². The number of hydrogen-bond donors (Lipinski definition) is 1. The fraction of sp³-hybridized carbons (Fsp3) is 0.0769. The number of aromatic hydroxyl groups is 1. The van der Waals surface area contributed by atoms with Crippen LogP contribution in [0.25, 0.3) is 0 Å². The van der Waals surface area contributed by atoms with Gasteiger partial charge in [-0.1, -0.05) is 17.7 Å². The molecule has 2 rings (SSSR count). The minimum Gasteiger partial charge on any atom is -0.503 e. The molecule has 0 unspecified atom stereocenters. The van der Waals surface area contributed by atoms with E-state index in [-0.39, 0.29) is 28.0 Å². The van der Waals surface area contributed by atoms with Crippen LogP contribution in [0.5, 0.6) is 17.4 Å². The molecule has 0 spiro atoms. The van der Waals surface area contributed by atoms with Crippen molar-refractivity contribution in [2.45, 2.75) is 6.92 Å². The average molecular weight is 261 g/mol. The molecule has 1 aromatic carbocycles. The Hall–Kier alpha value is -2.25. The highest BCUT2D eigenvalue weighted by Crippen LogP contribution is 2.35. The van der Waals surface area contributed by atoms with Crippen molar-refractivity contribution in [2.24, 2.45) is 0 Å². The monoisotopic (exact) mass is 260 g/mol. The van der Waals surface area contributed by atoms with Crippen LogP contribution in [-0.2, 0) is 0 Å². The molecule has 0 aliphatic carbocycles. The lowest BCUT2D eigenvalue weighted by atomic mass is 10.2. The van der Waals surface area contributed by atoms with Crippen molar-refractivity contribution in [3.05, 3.63) is 46.6 Å². The van der Waals surface area contributed by atoms with Crippen LogP contribution >= 0.6 is 11.6 Å². The van der Waals surface area contributed by atoms with Crippen molar-refractivity contribution >= 4 is 11.6 Å². The van der Waals surface area contributed by atoms with Gasteiger partial charge in [0.1, 0.15) is 6.07 Å². The predicted molar refractivity (Wildman–Crippen MR) is 66.9 cm³/mol. The zero-order valence-corrected chi connectivity index (χ0v) is 10.3. The summed E-state index contributed by atoms with van der Waals surface area (Å²) in [5.41, 5.74) is 0.971. The molecule has 0 bridgehead atoms. The topological polar surface area (TPSA) is 66.1 Å². The molecule has 18 heavy (non-hydrogen) atoms. The van der Waals surface area contributed by atoms with Crippen molar-refractivity contribution < 1.29 is 9.84 Å². The van der Waals surface area contributed by atoms with Gasteiger partial charge in [0, 0.05) is 5.69 Å². The quantitative estimate of drug-likeness (QED) is 0.898. The first-order valence-electron chi connectivity index (χ1n) is 5.15. The van der Waals surface area contributed by atoms with E-state index in [4.69, 9.17) is 21.6 Å². The van der Waals surface area contributed by atoms with Gasteiger partial charge >= 0.3 is 0 Å². The Bertz CT molecular complexity index is 635. The van der Waals surface area contributed by atoms with Gasteiger partial charge in [0.25, 0.3) is 5.88 Å². The van der Waals surface area contributed by atoms with E-state index in [1.807, 2.05) is 6.07 Å². The van der Waals surface area contributed by atoms with Gasteiger partial charge < -0.3 is 9.84 Å². The van der Waals surface area contributed by atoms with Crippen LogP contribution in [0, 0.1) is 18.3 Å². The third-order valence-electron chi connectivity index (χ3n) is 2.27. The molecule has 4 nitrogen and oxygen atoms in total. The fourth-order valence-electron chi connectivity index (χ4n) is 1.40. The number of benzene rings is 1. The molecule has 5 heteroatoms. The lowest BCUT2D eigenvalue weighted by Crippen LogP contribution is -1.93. The largest absolute Gasteiger partial charge is 0.503 e. The molecule has 0 aliphatic heterocycles. The number of aryl methyl sites for hydroxylation is 1. The lowest BCUT2D eigenvalue weighted by molar-refractivity contribution is 0.396. The van der Waals surface area contributed by atoms with Crippen molar-refractivity contribution in [1.82, 2.24) is 4.98 Å². The van der Waals surface area contributed by atoms with Gasteiger partial charge in [-0.05, 0) is 31.2 Å². The maximum absolute atomic E-state index is 9.64. The summed E-state index contributed by atoms with van der Waals surface area (Å²) in [4.78, 5) is 4.04. The number of nitrogens with zero attached hydrogens (tertiary/aromatic N) is 2. The van der Waals surface area contributed by atoms with E-state index in [0.717, 1.165) is 0 Å². The summed E-state index contributed by atoms with van der Waals surface area (Å²) in [5, 5.41) is 18.9.